The summed E-state index contributed by atoms with van der Waals surface area (Å²) in [4.78, 5) is 31.8. The Morgan fingerprint density at radius 1 is 1.15 bits per heavy atom. The summed E-state index contributed by atoms with van der Waals surface area (Å²) < 4.78 is 34.0. The number of aromatic nitrogens is 2. The Kier molecular flexibility index (Phi) is 8.11. The standard InChI is InChI=1S/C23H28F2N4O3S/c24-16-6-7-19(18(25)14-16)26-21(30)15-33-22-17-4-1-2-5-20(17)29(23(31)27-22)9-3-8-28-10-12-32-13-11-28/h6-7,14H,1-5,8-13,15H2,(H,26,30). The Morgan fingerprint density at radius 2 is 1.94 bits per heavy atom. The Hall–Kier alpha value is -2.30. The summed E-state index contributed by atoms with van der Waals surface area (Å²) in [6, 6.07) is 2.99. The molecule has 4 rings (SSSR count). The predicted molar refractivity (Wildman–Crippen MR) is 123 cm³/mol. The number of anilines is 1. The van der Waals surface area contributed by atoms with Crippen LogP contribution < -0.4 is 11.0 Å². The quantitative estimate of drug-likeness (QED) is 0.465. The van der Waals surface area contributed by atoms with Crippen LogP contribution in [-0.4, -0.2) is 59.0 Å². The van der Waals surface area contributed by atoms with Crippen molar-refractivity contribution in [3.63, 3.8) is 0 Å². The number of carbonyl (C=O) groups excluding carboxylic acids is 1. The number of fused-ring (bicyclic) bond motifs is 1. The van der Waals surface area contributed by atoms with E-state index in [4.69, 9.17) is 4.74 Å². The fourth-order valence-electron chi connectivity index (χ4n) is 4.29. The summed E-state index contributed by atoms with van der Waals surface area (Å²) in [5, 5.41) is 3.02. The molecule has 7 nitrogen and oxygen atoms in total. The zero-order valence-electron chi connectivity index (χ0n) is 18.4. The number of halogens is 2. The van der Waals surface area contributed by atoms with Crippen molar-refractivity contribution in [2.24, 2.45) is 0 Å². The fourth-order valence-corrected chi connectivity index (χ4v) is 5.16. The molecule has 0 saturated carbocycles. The summed E-state index contributed by atoms with van der Waals surface area (Å²) in [5.74, 6) is -1.99. The minimum Gasteiger partial charge on any atom is -0.379 e. The second-order valence-corrected chi connectivity index (χ2v) is 9.22. The van der Waals surface area contributed by atoms with Gasteiger partial charge in [-0.25, -0.2) is 13.6 Å². The van der Waals surface area contributed by atoms with Crippen molar-refractivity contribution in [3.05, 3.63) is 51.6 Å². The number of hydrogen-bond donors (Lipinski definition) is 1. The third-order valence-corrected chi connectivity index (χ3v) is 6.97. The summed E-state index contributed by atoms with van der Waals surface area (Å²) in [5.41, 5.74) is 1.70. The molecule has 10 heteroatoms. The largest absolute Gasteiger partial charge is 0.379 e. The number of hydrogen-bond acceptors (Lipinski definition) is 6. The lowest BCUT2D eigenvalue weighted by molar-refractivity contribution is -0.113. The second kappa shape index (κ2) is 11.2. The van der Waals surface area contributed by atoms with Crippen LogP contribution in [0.25, 0.3) is 0 Å². The molecule has 0 atom stereocenters. The molecular weight excluding hydrogens is 450 g/mol. The summed E-state index contributed by atoms with van der Waals surface area (Å²) in [7, 11) is 0. The molecule has 33 heavy (non-hydrogen) atoms. The van der Waals surface area contributed by atoms with Crippen molar-refractivity contribution in [2.45, 2.75) is 43.7 Å². The van der Waals surface area contributed by atoms with E-state index >= 15 is 0 Å². The van der Waals surface area contributed by atoms with Crippen LogP contribution in [0.5, 0.6) is 0 Å². The molecule has 0 bridgehead atoms. The van der Waals surface area contributed by atoms with Crippen molar-refractivity contribution in [1.29, 1.82) is 0 Å². The highest BCUT2D eigenvalue weighted by molar-refractivity contribution is 8.00. The zero-order chi connectivity index (χ0) is 23.2. The molecule has 2 heterocycles. The zero-order valence-corrected chi connectivity index (χ0v) is 19.3. The normalized spacial score (nSPS) is 16.4. The number of amides is 1. The van der Waals surface area contributed by atoms with Crippen LogP contribution in [0.1, 0.15) is 30.5 Å². The second-order valence-electron chi connectivity index (χ2n) is 8.25. The topological polar surface area (TPSA) is 76.5 Å². The predicted octanol–water partition coefficient (Wildman–Crippen LogP) is 2.85. The van der Waals surface area contributed by atoms with E-state index in [0.29, 0.717) is 11.6 Å². The van der Waals surface area contributed by atoms with Gasteiger partial charge >= 0.3 is 5.69 Å². The van der Waals surface area contributed by atoms with E-state index in [1.807, 2.05) is 0 Å². The summed E-state index contributed by atoms with van der Waals surface area (Å²) >= 11 is 1.19. The van der Waals surface area contributed by atoms with Crippen LogP contribution in [0, 0.1) is 11.6 Å². The van der Waals surface area contributed by atoms with Crippen LogP contribution in [-0.2, 0) is 28.9 Å². The summed E-state index contributed by atoms with van der Waals surface area (Å²) in [6.45, 7) is 4.89. The van der Waals surface area contributed by atoms with Crippen LogP contribution in [0.4, 0.5) is 14.5 Å². The molecular formula is C23H28F2N4O3S. The number of benzene rings is 1. The molecule has 1 aromatic heterocycles. The number of nitrogens with zero attached hydrogens (tertiary/aromatic N) is 3. The number of morpholine rings is 1. The first-order valence-corrected chi connectivity index (χ1v) is 12.3. The van der Waals surface area contributed by atoms with Crippen LogP contribution in [0.15, 0.2) is 28.0 Å². The average molecular weight is 479 g/mol. The molecule has 1 saturated heterocycles. The maximum atomic E-state index is 13.8. The highest BCUT2D eigenvalue weighted by Crippen LogP contribution is 2.28. The number of rotatable bonds is 8. The van der Waals surface area contributed by atoms with E-state index in [1.54, 1.807) is 4.57 Å². The molecule has 2 aromatic rings. The van der Waals surface area contributed by atoms with Gasteiger partial charge in [-0.05, 0) is 44.2 Å². The van der Waals surface area contributed by atoms with Crippen molar-refractivity contribution in [1.82, 2.24) is 14.5 Å². The molecule has 0 spiro atoms. The maximum absolute atomic E-state index is 13.8. The first kappa shape index (κ1) is 23.8. The first-order chi connectivity index (χ1) is 16.0. The lowest BCUT2D eigenvalue weighted by Gasteiger charge is -2.27. The van der Waals surface area contributed by atoms with Gasteiger partial charge < -0.3 is 10.1 Å². The van der Waals surface area contributed by atoms with Gasteiger partial charge in [0.05, 0.1) is 24.7 Å². The third kappa shape index (κ3) is 6.18. The number of thioether (sulfide) groups is 1. The first-order valence-electron chi connectivity index (χ1n) is 11.3. The molecule has 1 amide bonds. The van der Waals surface area contributed by atoms with Gasteiger partial charge in [0, 0.05) is 43.5 Å². The van der Waals surface area contributed by atoms with Gasteiger partial charge in [-0.3, -0.25) is 14.3 Å². The van der Waals surface area contributed by atoms with E-state index < -0.39 is 17.5 Å². The van der Waals surface area contributed by atoms with Crippen molar-refractivity contribution in [3.8, 4) is 0 Å². The van der Waals surface area contributed by atoms with E-state index in [9.17, 15) is 18.4 Å². The smallest absolute Gasteiger partial charge is 0.348 e. The Labute approximate surface area is 195 Å². The highest BCUT2D eigenvalue weighted by atomic mass is 32.2. The van der Waals surface area contributed by atoms with Crippen molar-refractivity contribution >= 4 is 23.4 Å². The monoisotopic (exact) mass is 478 g/mol. The van der Waals surface area contributed by atoms with E-state index in [1.165, 1.54) is 17.8 Å². The van der Waals surface area contributed by atoms with Gasteiger partial charge in [0.2, 0.25) is 5.91 Å². The van der Waals surface area contributed by atoms with Crippen LogP contribution in [0.3, 0.4) is 0 Å². The molecule has 1 aromatic carbocycles. The SMILES string of the molecule is O=C(CSc1nc(=O)n(CCCN2CCOCC2)c2c1CCCC2)Nc1ccc(F)cc1F. The molecule has 2 aliphatic rings. The Bertz CT molecular complexity index is 1060. The van der Waals surface area contributed by atoms with Gasteiger partial charge in [0.1, 0.15) is 16.7 Å². The van der Waals surface area contributed by atoms with Gasteiger partial charge in [-0.1, -0.05) is 11.8 Å². The molecule has 1 aliphatic heterocycles. The fraction of sp³-hybridized carbons (Fsp3) is 0.522. The van der Waals surface area contributed by atoms with Crippen molar-refractivity contribution < 1.29 is 18.3 Å². The molecule has 178 valence electrons. The van der Waals surface area contributed by atoms with Crippen LogP contribution >= 0.6 is 11.8 Å². The van der Waals surface area contributed by atoms with E-state index in [2.05, 4.69) is 15.2 Å². The van der Waals surface area contributed by atoms with E-state index in [0.717, 1.165) is 88.3 Å². The molecule has 1 fully saturated rings. The van der Waals surface area contributed by atoms with Gasteiger partial charge in [0.25, 0.3) is 0 Å². The number of carbonyl (C=O) groups is 1. The lowest BCUT2D eigenvalue weighted by atomic mass is 9.97. The van der Waals surface area contributed by atoms with Crippen molar-refractivity contribution in [2.75, 3.05) is 43.9 Å². The number of nitrogens with one attached hydrogen (secondary N) is 1. The van der Waals surface area contributed by atoms with Crippen LogP contribution in [0.2, 0.25) is 0 Å². The minimum atomic E-state index is -0.830. The minimum absolute atomic E-state index is 0.0171. The Balaban J connectivity index is 1.41. The molecule has 1 aliphatic carbocycles. The summed E-state index contributed by atoms with van der Waals surface area (Å²) in [6.07, 6.45) is 4.55. The third-order valence-electron chi connectivity index (χ3n) is 5.96. The lowest BCUT2D eigenvalue weighted by Crippen LogP contribution is -2.38. The number of ether oxygens (including phenoxy) is 1. The van der Waals surface area contributed by atoms with Gasteiger partial charge in [-0.2, -0.15) is 4.98 Å². The van der Waals surface area contributed by atoms with E-state index in [-0.39, 0.29) is 17.1 Å². The maximum Gasteiger partial charge on any atom is 0.348 e. The highest BCUT2D eigenvalue weighted by Gasteiger charge is 2.21. The molecule has 1 N–H and O–H groups in total. The van der Waals surface area contributed by atoms with Gasteiger partial charge in [-0.15, -0.1) is 0 Å². The molecule has 0 radical (unpaired) electrons. The Morgan fingerprint density at radius 3 is 2.73 bits per heavy atom. The average Bonchev–Trinajstić information content (AvgIpc) is 2.82. The molecule has 0 unspecified atom stereocenters. The van der Waals surface area contributed by atoms with Gasteiger partial charge in [0.15, 0.2) is 0 Å².